The van der Waals surface area contributed by atoms with Crippen molar-refractivity contribution in [2.45, 2.75) is 17.7 Å². The van der Waals surface area contributed by atoms with Crippen LogP contribution < -0.4 is 0 Å². The second-order valence-corrected chi connectivity index (χ2v) is 5.10. The lowest BCUT2D eigenvalue weighted by Crippen LogP contribution is -2.02. The van der Waals surface area contributed by atoms with Crippen molar-refractivity contribution in [2.24, 2.45) is 0 Å². The fourth-order valence-corrected chi connectivity index (χ4v) is 2.73. The summed E-state index contributed by atoms with van der Waals surface area (Å²) >= 11 is 2.79. The zero-order valence-electron chi connectivity index (χ0n) is 8.77. The van der Waals surface area contributed by atoms with Crippen molar-refractivity contribution in [1.82, 2.24) is 14.3 Å². The van der Waals surface area contributed by atoms with E-state index in [0.29, 0.717) is 11.4 Å². The summed E-state index contributed by atoms with van der Waals surface area (Å²) < 4.78 is 5.02. The van der Waals surface area contributed by atoms with E-state index in [2.05, 4.69) is 14.3 Å². The van der Waals surface area contributed by atoms with Crippen molar-refractivity contribution in [3.63, 3.8) is 0 Å². The number of aromatic nitrogens is 3. The maximum absolute atomic E-state index is 11.7. The highest BCUT2D eigenvalue weighted by molar-refractivity contribution is 8.01. The number of Topliss-reactive ketones (excluding diaryl/α,β-unsaturated/α-hetero) is 1. The van der Waals surface area contributed by atoms with Gasteiger partial charge in [-0.15, -0.1) is 0 Å². The molecule has 2 rings (SSSR count). The van der Waals surface area contributed by atoms with Crippen LogP contribution in [0.1, 0.15) is 23.2 Å². The first-order valence-electron chi connectivity index (χ1n) is 4.91. The van der Waals surface area contributed by atoms with Gasteiger partial charge in [0.05, 0.1) is 11.4 Å². The minimum atomic E-state index is 0.0863. The molecule has 0 aliphatic carbocycles. The van der Waals surface area contributed by atoms with E-state index in [0.717, 1.165) is 16.6 Å². The van der Waals surface area contributed by atoms with Gasteiger partial charge in [-0.05, 0) is 23.7 Å². The van der Waals surface area contributed by atoms with Crippen molar-refractivity contribution >= 4 is 29.1 Å². The number of carbonyl (C=O) groups excluding carboxylic acids is 1. The van der Waals surface area contributed by atoms with Gasteiger partial charge in [0.2, 0.25) is 0 Å². The second kappa shape index (κ2) is 5.27. The van der Waals surface area contributed by atoms with Gasteiger partial charge in [0, 0.05) is 12.6 Å². The van der Waals surface area contributed by atoms with Gasteiger partial charge >= 0.3 is 0 Å². The molecular weight excluding hydrogens is 242 g/mol. The topological polar surface area (TPSA) is 58.6 Å². The number of carbonyl (C=O) groups is 1. The van der Waals surface area contributed by atoms with E-state index in [-0.39, 0.29) is 5.78 Å². The molecule has 0 amide bonds. The van der Waals surface area contributed by atoms with Crippen LogP contribution in [0.15, 0.2) is 22.7 Å². The maximum Gasteiger partial charge on any atom is 0.189 e. The Kier molecular flexibility index (Phi) is 3.74. The summed E-state index contributed by atoms with van der Waals surface area (Å²) in [5, 5.41) is 0. The first-order valence-corrected chi connectivity index (χ1v) is 6.67. The van der Waals surface area contributed by atoms with E-state index in [4.69, 9.17) is 0 Å². The number of ketones is 1. The molecule has 16 heavy (non-hydrogen) atoms. The molecule has 0 spiro atoms. The van der Waals surface area contributed by atoms with Crippen LogP contribution in [0, 0.1) is 0 Å². The summed E-state index contributed by atoms with van der Waals surface area (Å²) in [5.74, 6) is 1.34. The third kappa shape index (κ3) is 2.70. The SMILES string of the molecule is CCc1nsc(SCC(=O)c2ccc[nH]2)n1. The zero-order chi connectivity index (χ0) is 11.4. The van der Waals surface area contributed by atoms with E-state index in [9.17, 15) is 4.79 Å². The number of hydrogen-bond acceptors (Lipinski definition) is 5. The molecule has 0 aliphatic rings. The van der Waals surface area contributed by atoms with Crippen LogP contribution in [0.25, 0.3) is 0 Å². The predicted molar refractivity (Wildman–Crippen MR) is 65.1 cm³/mol. The summed E-state index contributed by atoms with van der Waals surface area (Å²) in [7, 11) is 0. The number of nitrogens with one attached hydrogen (secondary N) is 1. The van der Waals surface area contributed by atoms with Crippen LogP contribution in [-0.2, 0) is 6.42 Å². The predicted octanol–water partition coefficient (Wildman–Crippen LogP) is 2.40. The van der Waals surface area contributed by atoms with E-state index in [1.807, 2.05) is 13.0 Å². The summed E-state index contributed by atoms with van der Waals surface area (Å²) in [4.78, 5) is 18.8. The number of aryl methyl sites for hydroxylation is 1. The van der Waals surface area contributed by atoms with Crippen LogP contribution in [0.4, 0.5) is 0 Å². The van der Waals surface area contributed by atoms with Crippen LogP contribution in [0.5, 0.6) is 0 Å². The normalized spacial score (nSPS) is 10.6. The van der Waals surface area contributed by atoms with Gasteiger partial charge in [0.25, 0.3) is 0 Å². The Morgan fingerprint density at radius 2 is 2.50 bits per heavy atom. The minimum absolute atomic E-state index is 0.0863. The van der Waals surface area contributed by atoms with Crippen molar-refractivity contribution in [2.75, 3.05) is 5.75 Å². The van der Waals surface area contributed by atoms with Gasteiger partial charge in [-0.25, -0.2) is 4.98 Å². The first-order chi connectivity index (χ1) is 7.79. The molecule has 0 aromatic carbocycles. The van der Waals surface area contributed by atoms with Crippen LogP contribution >= 0.6 is 23.3 Å². The lowest BCUT2D eigenvalue weighted by atomic mass is 10.3. The molecular formula is C10H11N3OS2. The number of aromatic amines is 1. The van der Waals surface area contributed by atoms with Gasteiger partial charge in [-0.3, -0.25) is 4.79 Å². The molecule has 0 aliphatic heterocycles. The monoisotopic (exact) mass is 253 g/mol. The smallest absolute Gasteiger partial charge is 0.189 e. The van der Waals surface area contributed by atoms with Gasteiger partial charge in [0.15, 0.2) is 10.1 Å². The number of rotatable bonds is 5. The summed E-state index contributed by atoms with van der Waals surface area (Å²) in [6.45, 7) is 2.01. The van der Waals surface area contributed by atoms with E-state index < -0.39 is 0 Å². The average Bonchev–Trinajstić information content (AvgIpc) is 2.96. The molecule has 0 bridgehead atoms. The molecule has 0 saturated carbocycles. The third-order valence-corrected chi connectivity index (χ3v) is 3.86. The number of thioether (sulfide) groups is 1. The Morgan fingerprint density at radius 3 is 3.12 bits per heavy atom. The minimum Gasteiger partial charge on any atom is -0.359 e. The lowest BCUT2D eigenvalue weighted by molar-refractivity contribution is 0.101. The molecule has 1 N–H and O–H groups in total. The quantitative estimate of drug-likeness (QED) is 0.656. The van der Waals surface area contributed by atoms with Gasteiger partial charge in [-0.2, -0.15) is 4.37 Å². The largest absolute Gasteiger partial charge is 0.359 e. The maximum atomic E-state index is 11.7. The average molecular weight is 253 g/mol. The first kappa shape index (κ1) is 11.3. The molecule has 6 heteroatoms. The van der Waals surface area contributed by atoms with Crippen molar-refractivity contribution < 1.29 is 4.79 Å². The molecule has 0 radical (unpaired) electrons. The van der Waals surface area contributed by atoms with Crippen molar-refractivity contribution in [1.29, 1.82) is 0 Å². The molecule has 2 heterocycles. The van der Waals surface area contributed by atoms with Crippen LogP contribution in [0.2, 0.25) is 0 Å². The molecule has 2 aromatic rings. The molecule has 0 unspecified atom stereocenters. The Labute approximate surface area is 102 Å². The van der Waals surface area contributed by atoms with Gasteiger partial charge < -0.3 is 4.98 Å². The van der Waals surface area contributed by atoms with E-state index >= 15 is 0 Å². The number of H-pyrrole nitrogens is 1. The molecule has 4 nitrogen and oxygen atoms in total. The number of hydrogen-bond donors (Lipinski definition) is 1. The van der Waals surface area contributed by atoms with Crippen LogP contribution in [-0.4, -0.2) is 25.9 Å². The Morgan fingerprint density at radius 1 is 1.62 bits per heavy atom. The summed E-state index contributed by atoms with van der Waals surface area (Å²) in [5.41, 5.74) is 0.646. The molecule has 0 atom stereocenters. The van der Waals surface area contributed by atoms with Crippen molar-refractivity contribution in [3.8, 4) is 0 Å². The second-order valence-electron chi connectivity index (χ2n) is 3.13. The molecule has 0 fully saturated rings. The van der Waals surface area contributed by atoms with E-state index in [1.54, 1.807) is 12.3 Å². The lowest BCUT2D eigenvalue weighted by Gasteiger charge is -1.94. The standard InChI is InChI=1S/C10H11N3OS2/c1-2-9-12-10(16-13-9)15-6-8(14)7-4-3-5-11-7/h3-5,11H,2,6H2,1H3. The highest BCUT2D eigenvalue weighted by atomic mass is 32.2. The summed E-state index contributed by atoms with van der Waals surface area (Å²) in [6, 6.07) is 3.60. The highest BCUT2D eigenvalue weighted by Gasteiger charge is 2.09. The zero-order valence-corrected chi connectivity index (χ0v) is 10.4. The molecule has 0 saturated heterocycles. The highest BCUT2D eigenvalue weighted by Crippen LogP contribution is 2.21. The van der Waals surface area contributed by atoms with E-state index in [1.165, 1.54) is 23.3 Å². The Hall–Kier alpha value is -1.14. The summed E-state index contributed by atoms with van der Waals surface area (Å²) in [6.07, 6.45) is 2.58. The van der Waals surface area contributed by atoms with Gasteiger partial charge in [0.1, 0.15) is 5.82 Å². The number of nitrogens with zero attached hydrogens (tertiary/aromatic N) is 2. The Bertz CT molecular complexity index is 464. The molecule has 2 aromatic heterocycles. The van der Waals surface area contributed by atoms with Crippen molar-refractivity contribution in [3.05, 3.63) is 29.8 Å². The third-order valence-electron chi connectivity index (χ3n) is 1.99. The fourth-order valence-electron chi connectivity index (χ4n) is 1.15. The molecule has 84 valence electrons. The van der Waals surface area contributed by atoms with Crippen LogP contribution in [0.3, 0.4) is 0 Å². The Balaban J connectivity index is 1.90. The fraction of sp³-hybridized carbons (Fsp3) is 0.300. The van der Waals surface area contributed by atoms with Gasteiger partial charge in [-0.1, -0.05) is 18.7 Å².